The van der Waals surface area contributed by atoms with Crippen molar-refractivity contribution < 1.29 is 10.2 Å². The van der Waals surface area contributed by atoms with Crippen molar-refractivity contribution in [3.05, 3.63) is 0 Å². The van der Waals surface area contributed by atoms with Crippen LogP contribution in [0.25, 0.3) is 0 Å². The smallest absolute Gasteiger partial charge is 0.0614 e. The minimum absolute atomic E-state index is 0.0973. The van der Waals surface area contributed by atoms with E-state index >= 15 is 0 Å². The zero-order chi connectivity index (χ0) is 11.6. The summed E-state index contributed by atoms with van der Waals surface area (Å²) in [5.74, 6) is 0. The first-order chi connectivity index (χ1) is 6.39. The topological polar surface area (TPSA) is 40.5 Å². The molecule has 1 atom stereocenters. The van der Waals surface area contributed by atoms with E-state index in [4.69, 9.17) is 10.2 Å². The summed E-state index contributed by atoms with van der Waals surface area (Å²) in [7, 11) is 0. The molecule has 1 unspecified atom stereocenters. The average molecular weight is 204 g/mol. The summed E-state index contributed by atoms with van der Waals surface area (Å²) in [6, 6.07) is 0. The van der Waals surface area contributed by atoms with E-state index < -0.39 is 5.60 Å². The molecule has 2 heteroatoms. The molecule has 2 nitrogen and oxygen atoms in total. The number of hydrogen-bond donors (Lipinski definition) is 2. The van der Waals surface area contributed by atoms with Crippen molar-refractivity contribution >= 4 is 0 Å². The molecule has 0 rings (SSSR count). The predicted octanol–water partition coefficient (Wildman–Crippen LogP) is 3.11. The molecule has 0 aliphatic carbocycles. The lowest BCUT2D eigenvalue weighted by Crippen LogP contribution is -2.20. The molecular weight excluding hydrogens is 176 g/mol. The Morgan fingerprint density at radius 2 is 1.57 bits per heavy atom. The molecule has 0 aliphatic heterocycles. The molecule has 0 saturated heterocycles. The van der Waals surface area contributed by atoms with E-state index in [0.717, 1.165) is 25.7 Å². The van der Waals surface area contributed by atoms with Crippen molar-refractivity contribution in [1.29, 1.82) is 0 Å². The maximum absolute atomic E-state index is 9.13. The zero-order valence-electron chi connectivity index (χ0n) is 10.5. The van der Waals surface area contributed by atoms with Crippen LogP contribution >= 0.6 is 0 Å². The molecule has 0 saturated carbocycles. The Bertz CT molecular complexity index is 103. The Labute approximate surface area is 89.3 Å². The van der Waals surface area contributed by atoms with E-state index in [1.165, 1.54) is 6.42 Å². The third kappa shape index (κ3) is 14.4. The quantitative estimate of drug-likeness (QED) is 0.722. The summed E-state index contributed by atoms with van der Waals surface area (Å²) in [6.45, 7) is 9.79. The first-order valence-corrected chi connectivity index (χ1v) is 5.80. The van der Waals surface area contributed by atoms with E-state index in [0.29, 0.717) is 0 Å². The van der Waals surface area contributed by atoms with Gasteiger partial charge in [-0.15, -0.1) is 0 Å². The van der Waals surface area contributed by atoms with Crippen LogP contribution in [0.1, 0.15) is 66.7 Å². The van der Waals surface area contributed by atoms with Gasteiger partial charge in [-0.25, -0.2) is 0 Å². The van der Waals surface area contributed by atoms with E-state index in [-0.39, 0.29) is 6.10 Å². The fraction of sp³-hybridized carbons (Fsp3) is 1.00. The van der Waals surface area contributed by atoms with Gasteiger partial charge in [0.25, 0.3) is 0 Å². The highest BCUT2D eigenvalue weighted by atomic mass is 16.3. The monoisotopic (exact) mass is 204 g/mol. The Morgan fingerprint density at radius 1 is 1.14 bits per heavy atom. The lowest BCUT2D eigenvalue weighted by Gasteiger charge is -2.17. The third-order valence-corrected chi connectivity index (χ3v) is 2.50. The lowest BCUT2D eigenvalue weighted by molar-refractivity contribution is 0.0521. The molecule has 2 N–H and O–H groups in total. The third-order valence-electron chi connectivity index (χ3n) is 2.50. The van der Waals surface area contributed by atoms with Crippen LogP contribution in [0.15, 0.2) is 0 Å². The number of rotatable bonds is 5. The lowest BCUT2D eigenvalue weighted by atomic mass is 10.0. The minimum atomic E-state index is -0.417. The Morgan fingerprint density at radius 3 is 1.64 bits per heavy atom. The van der Waals surface area contributed by atoms with Gasteiger partial charge in [-0.05, 0) is 33.1 Å². The normalized spacial score (nSPS) is 13.1. The maximum Gasteiger partial charge on any atom is 0.0614 e. The second kappa shape index (κ2) is 9.47. The van der Waals surface area contributed by atoms with Gasteiger partial charge in [-0.1, -0.05) is 33.6 Å². The summed E-state index contributed by atoms with van der Waals surface area (Å²) < 4.78 is 0. The molecule has 0 fully saturated rings. The molecule has 0 aromatic carbocycles. The Hall–Kier alpha value is -0.0800. The molecule has 88 valence electrons. The number of aliphatic hydroxyl groups excluding tert-OH is 1. The molecule has 0 aromatic rings. The van der Waals surface area contributed by atoms with Gasteiger partial charge in [-0.3, -0.25) is 0 Å². The average Bonchev–Trinajstić information content (AvgIpc) is 2.15. The van der Waals surface area contributed by atoms with Gasteiger partial charge < -0.3 is 10.2 Å². The summed E-state index contributed by atoms with van der Waals surface area (Å²) in [4.78, 5) is 0. The van der Waals surface area contributed by atoms with Crippen LogP contribution in [0, 0.1) is 0 Å². The summed E-state index contributed by atoms with van der Waals surface area (Å²) in [5.41, 5.74) is -0.417. The number of aliphatic hydroxyl groups is 2. The van der Waals surface area contributed by atoms with Crippen LogP contribution in [0.4, 0.5) is 0 Å². The van der Waals surface area contributed by atoms with Gasteiger partial charge in [-0.2, -0.15) is 0 Å². The summed E-state index contributed by atoms with van der Waals surface area (Å²) in [6.07, 6.45) is 4.89. The fourth-order valence-electron chi connectivity index (χ4n) is 0.750. The highest BCUT2D eigenvalue weighted by Crippen LogP contribution is 2.11. The van der Waals surface area contributed by atoms with E-state index in [9.17, 15) is 0 Å². The molecular formula is C12H28O2. The molecule has 0 heterocycles. The van der Waals surface area contributed by atoms with Crippen LogP contribution in [0.5, 0.6) is 0 Å². The standard InChI is InChI=1S/2C6H14O/c1-4-6(3,7)5-2;1-3-4-5-6(2)7/h7H,4-5H2,1-3H3;6-7H,3-5H2,1-2H3. The first kappa shape index (κ1) is 16.4. The predicted molar refractivity (Wildman–Crippen MR) is 62.4 cm³/mol. The first-order valence-electron chi connectivity index (χ1n) is 5.80. The van der Waals surface area contributed by atoms with Gasteiger partial charge in [0, 0.05) is 0 Å². The van der Waals surface area contributed by atoms with Crippen molar-refractivity contribution in [3.8, 4) is 0 Å². The molecule has 0 aromatic heterocycles. The van der Waals surface area contributed by atoms with Crippen LogP contribution in [0.2, 0.25) is 0 Å². The SMILES string of the molecule is CCC(C)(O)CC.CCCCC(C)O. The Balaban J connectivity index is 0. The van der Waals surface area contributed by atoms with Crippen molar-refractivity contribution in [2.75, 3.05) is 0 Å². The van der Waals surface area contributed by atoms with Crippen LogP contribution in [-0.4, -0.2) is 21.9 Å². The largest absolute Gasteiger partial charge is 0.393 e. The molecule has 0 aliphatic rings. The fourth-order valence-corrected chi connectivity index (χ4v) is 0.750. The molecule has 0 spiro atoms. The van der Waals surface area contributed by atoms with E-state index in [1.54, 1.807) is 0 Å². The zero-order valence-corrected chi connectivity index (χ0v) is 10.5. The molecule has 0 bridgehead atoms. The maximum atomic E-state index is 9.13. The van der Waals surface area contributed by atoms with Crippen molar-refractivity contribution in [3.63, 3.8) is 0 Å². The van der Waals surface area contributed by atoms with Crippen LogP contribution < -0.4 is 0 Å². The summed E-state index contributed by atoms with van der Waals surface area (Å²) >= 11 is 0. The highest BCUT2D eigenvalue weighted by molar-refractivity contribution is 4.65. The van der Waals surface area contributed by atoms with Gasteiger partial charge in [0.2, 0.25) is 0 Å². The summed E-state index contributed by atoms with van der Waals surface area (Å²) in [5, 5.41) is 17.8. The van der Waals surface area contributed by atoms with Gasteiger partial charge in [0.15, 0.2) is 0 Å². The van der Waals surface area contributed by atoms with Crippen molar-refractivity contribution in [1.82, 2.24) is 0 Å². The number of unbranched alkanes of at least 4 members (excludes halogenated alkanes) is 1. The van der Waals surface area contributed by atoms with Crippen molar-refractivity contribution in [2.24, 2.45) is 0 Å². The van der Waals surface area contributed by atoms with Gasteiger partial charge >= 0.3 is 0 Å². The van der Waals surface area contributed by atoms with Gasteiger partial charge in [0.05, 0.1) is 11.7 Å². The molecule has 14 heavy (non-hydrogen) atoms. The van der Waals surface area contributed by atoms with Crippen LogP contribution in [-0.2, 0) is 0 Å². The second-order valence-corrected chi connectivity index (χ2v) is 4.20. The van der Waals surface area contributed by atoms with Crippen LogP contribution in [0.3, 0.4) is 0 Å². The van der Waals surface area contributed by atoms with Crippen molar-refractivity contribution in [2.45, 2.75) is 78.4 Å². The van der Waals surface area contributed by atoms with E-state index in [1.807, 2.05) is 27.7 Å². The minimum Gasteiger partial charge on any atom is -0.393 e. The molecule has 0 amide bonds. The highest BCUT2D eigenvalue weighted by Gasteiger charge is 2.12. The van der Waals surface area contributed by atoms with E-state index in [2.05, 4.69) is 6.92 Å². The number of hydrogen-bond acceptors (Lipinski definition) is 2. The van der Waals surface area contributed by atoms with Gasteiger partial charge in [0.1, 0.15) is 0 Å². The Kier molecular flexibility index (Phi) is 11.1. The second-order valence-electron chi connectivity index (χ2n) is 4.20. The molecule has 0 radical (unpaired) electrons.